The van der Waals surface area contributed by atoms with E-state index in [2.05, 4.69) is 0 Å². The minimum atomic E-state index is 0.418. The molecule has 0 saturated carbocycles. The smallest absolute Gasteiger partial charge is 0.142 e. The third-order valence-corrected chi connectivity index (χ3v) is 3.72. The number of benzene rings is 1. The zero-order valence-corrected chi connectivity index (χ0v) is 11.8. The molecule has 1 heterocycles. The van der Waals surface area contributed by atoms with Crippen molar-refractivity contribution in [1.82, 2.24) is 0 Å². The number of hydrogen-bond donors (Lipinski definition) is 0. The minimum Gasteiger partial charge on any atom is -0.492 e. The van der Waals surface area contributed by atoms with Gasteiger partial charge in [0.25, 0.3) is 0 Å². The van der Waals surface area contributed by atoms with Gasteiger partial charge in [-0.3, -0.25) is 0 Å². The van der Waals surface area contributed by atoms with E-state index in [1.807, 2.05) is 18.2 Å². The maximum Gasteiger partial charge on any atom is 0.142 e. The Morgan fingerprint density at radius 3 is 3.00 bits per heavy atom. The van der Waals surface area contributed by atoms with Crippen LogP contribution in [0.15, 0.2) is 18.2 Å². The summed E-state index contributed by atoms with van der Waals surface area (Å²) in [6, 6.07) is 5.65. The molecule has 0 radical (unpaired) electrons. The van der Waals surface area contributed by atoms with Gasteiger partial charge in [0, 0.05) is 12.2 Å². The lowest BCUT2D eigenvalue weighted by molar-refractivity contribution is 0.0981. The molecule has 0 N–H and O–H groups in total. The molecule has 1 fully saturated rings. The molecule has 2 rings (SSSR count). The largest absolute Gasteiger partial charge is 0.492 e. The second kappa shape index (κ2) is 7.22. The van der Waals surface area contributed by atoms with Crippen LogP contribution in [-0.2, 0) is 10.6 Å². The molecule has 0 aliphatic carbocycles. The average molecular weight is 289 g/mol. The van der Waals surface area contributed by atoms with Crippen LogP contribution in [0.2, 0.25) is 5.02 Å². The van der Waals surface area contributed by atoms with Gasteiger partial charge in [0.2, 0.25) is 0 Å². The van der Waals surface area contributed by atoms with Crippen molar-refractivity contribution in [3.63, 3.8) is 0 Å². The van der Waals surface area contributed by atoms with Crippen molar-refractivity contribution in [2.75, 3.05) is 13.2 Å². The maximum atomic E-state index is 6.11. The first-order valence-corrected chi connectivity index (χ1v) is 7.30. The van der Waals surface area contributed by atoms with Gasteiger partial charge in [0.05, 0.1) is 23.6 Å². The molecule has 1 saturated heterocycles. The monoisotopic (exact) mass is 288 g/mol. The van der Waals surface area contributed by atoms with Gasteiger partial charge in [0.15, 0.2) is 0 Å². The highest BCUT2D eigenvalue weighted by Crippen LogP contribution is 2.30. The first-order chi connectivity index (χ1) is 8.81. The molecule has 4 heteroatoms. The lowest BCUT2D eigenvalue weighted by Gasteiger charge is -2.13. The van der Waals surface area contributed by atoms with E-state index in [1.165, 1.54) is 12.8 Å². The van der Waals surface area contributed by atoms with E-state index in [4.69, 9.17) is 32.7 Å². The van der Waals surface area contributed by atoms with Gasteiger partial charge in [-0.15, -0.1) is 11.6 Å². The van der Waals surface area contributed by atoms with Gasteiger partial charge < -0.3 is 9.47 Å². The summed E-state index contributed by atoms with van der Waals surface area (Å²) in [6.45, 7) is 1.57. The second-order valence-electron chi connectivity index (χ2n) is 4.49. The summed E-state index contributed by atoms with van der Waals surface area (Å²) in [6.07, 6.45) is 4.83. The number of halogens is 2. The van der Waals surface area contributed by atoms with Crippen LogP contribution >= 0.6 is 23.2 Å². The topological polar surface area (TPSA) is 18.5 Å². The van der Waals surface area contributed by atoms with E-state index in [0.29, 0.717) is 23.6 Å². The fourth-order valence-electron chi connectivity index (χ4n) is 2.18. The highest BCUT2D eigenvalue weighted by Gasteiger charge is 2.15. The third-order valence-electron chi connectivity index (χ3n) is 3.13. The third kappa shape index (κ3) is 3.78. The Hall–Kier alpha value is -0.440. The van der Waals surface area contributed by atoms with E-state index in [0.717, 1.165) is 30.8 Å². The van der Waals surface area contributed by atoms with E-state index >= 15 is 0 Å². The van der Waals surface area contributed by atoms with Crippen LogP contribution in [0.25, 0.3) is 0 Å². The van der Waals surface area contributed by atoms with Gasteiger partial charge in [-0.1, -0.05) is 23.7 Å². The second-order valence-corrected chi connectivity index (χ2v) is 5.16. The van der Waals surface area contributed by atoms with Crippen LogP contribution in [0.4, 0.5) is 0 Å². The Bertz CT molecular complexity index is 376. The molecule has 1 aliphatic rings. The van der Waals surface area contributed by atoms with Crippen LogP contribution in [0, 0.1) is 0 Å². The lowest BCUT2D eigenvalue weighted by atomic mass is 10.1. The summed E-state index contributed by atoms with van der Waals surface area (Å²) in [5.41, 5.74) is 0.946. The van der Waals surface area contributed by atoms with Crippen LogP contribution in [0.1, 0.15) is 31.2 Å². The van der Waals surface area contributed by atoms with Crippen LogP contribution in [0.3, 0.4) is 0 Å². The quantitative estimate of drug-likeness (QED) is 0.570. The molecular formula is C14H18Cl2O2. The Balaban J connectivity index is 1.78. The van der Waals surface area contributed by atoms with Crippen LogP contribution < -0.4 is 4.74 Å². The predicted molar refractivity (Wildman–Crippen MR) is 74.7 cm³/mol. The molecule has 18 heavy (non-hydrogen) atoms. The van der Waals surface area contributed by atoms with Gasteiger partial charge in [-0.2, -0.15) is 0 Å². The maximum absolute atomic E-state index is 6.11. The van der Waals surface area contributed by atoms with Crippen molar-refractivity contribution in [3.8, 4) is 5.75 Å². The molecule has 1 aliphatic heterocycles. The van der Waals surface area contributed by atoms with Crippen molar-refractivity contribution in [3.05, 3.63) is 28.8 Å². The van der Waals surface area contributed by atoms with Gasteiger partial charge >= 0.3 is 0 Å². The summed E-state index contributed by atoms with van der Waals surface area (Å²) in [4.78, 5) is 0. The fourth-order valence-corrected chi connectivity index (χ4v) is 2.64. The average Bonchev–Trinajstić information content (AvgIpc) is 2.89. The van der Waals surface area contributed by atoms with Gasteiger partial charge in [-0.05, 0) is 31.7 Å². The summed E-state index contributed by atoms with van der Waals surface area (Å²) < 4.78 is 11.3. The first-order valence-electron chi connectivity index (χ1n) is 6.39. The Morgan fingerprint density at radius 1 is 1.39 bits per heavy atom. The van der Waals surface area contributed by atoms with Crippen molar-refractivity contribution in [1.29, 1.82) is 0 Å². The van der Waals surface area contributed by atoms with Crippen LogP contribution in [-0.4, -0.2) is 19.3 Å². The zero-order chi connectivity index (χ0) is 12.8. The molecule has 0 spiro atoms. The highest BCUT2D eigenvalue weighted by molar-refractivity contribution is 6.32. The molecule has 1 unspecified atom stereocenters. The van der Waals surface area contributed by atoms with E-state index in [-0.39, 0.29) is 0 Å². The minimum absolute atomic E-state index is 0.418. The van der Waals surface area contributed by atoms with Crippen molar-refractivity contribution in [2.24, 2.45) is 0 Å². The molecule has 100 valence electrons. The first kappa shape index (κ1) is 14.0. The molecular weight excluding hydrogens is 271 g/mol. The zero-order valence-electron chi connectivity index (χ0n) is 10.3. The van der Waals surface area contributed by atoms with Crippen molar-refractivity contribution in [2.45, 2.75) is 37.7 Å². The summed E-state index contributed by atoms with van der Waals surface area (Å²) >= 11 is 12.0. The summed E-state index contributed by atoms with van der Waals surface area (Å²) in [5.74, 6) is 1.14. The van der Waals surface area contributed by atoms with E-state index in [9.17, 15) is 0 Å². The lowest BCUT2D eigenvalue weighted by Crippen LogP contribution is -2.08. The molecule has 0 amide bonds. The normalized spacial score (nSPS) is 19.1. The number of alkyl halides is 1. The molecule has 0 bridgehead atoms. The number of hydrogen-bond acceptors (Lipinski definition) is 2. The van der Waals surface area contributed by atoms with E-state index in [1.54, 1.807) is 0 Å². The van der Waals surface area contributed by atoms with E-state index < -0.39 is 0 Å². The molecule has 2 nitrogen and oxygen atoms in total. The highest BCUT2D eigenvalue weighted by atomic mass is 35.5. The fraction of sp³-hybridized carbons (Fsp3) is 0.571. The SMILES string of the molecule is ClCc1cccc(Cl)c1OCCCC1CCCO1. The Kier molecular flexibility index (Phi) is 5.61. The Labute approximate surface area is 118 Å². The molecule has 1 aromatic carbocycles. The standard InChI is InChI=1S/C14H18Cl2O2/c15-10-11-4-1-7-13(16)14(11)18-9-3-6-12-5-2-8-17-12/h1,4,7,12H,2-3,5-6,8-10H2. The van der Waals surface area contributed by atoms with Crippen LogP contribution in [0.5, 0.6) is 5.75 Å². The molecule has 1 aromatic rings. The number of ether oxygens (including phenoxy) is 2. The van der Waals surface area contributed by atoms with Gasteiger partial charge in [-0.25, -0.2) is 0 Å². The number of rotatable bonds is 6. The molecule has 1 atom stereocenters. The van der Waals surface area contributed by atoms with Crippen molar-refractivity contribution < 1.29 is 9.47 Å². The summed E-state index contributed by atoms with van der Waals surface area (Å²) in [7, 11) is 0. The molecule has 0 aromatic heterocycles. The van der Waals surface area contributed by atoms with Crippen molar-refractivity contribution >= 4 is 23.2 Å². The predicted octanol–water partition coefficient (Wildman–Crippen LogP) is 4.42. The Morgan fingerprint density at radius 2 is 2.28 bits per heavy atom. The number of para-hydroxylation sites is 1. The summed E-state index contributed by atoms with van der Waals surface area (Å²) in [5, 5.41) is 0.630. The van der Waals surface area contributed by atoms with Gasteiger partial charge in [0.1, 0.15) is 5.75 Å².